The lowest BCUT2D eigenvalue weighted by Gasteiger charge is -2.20. The summed E-state index contributed by atoms with van der Waals surface area (Å²) >= 11 is 0. The zero-order valence-corrected chi connectivity index (χ0v) is 10.5. The largest absolute Gasteiger partial charge is 0.369 e. The quantitative estimate of drug-likeness (QED) is 0.819. The SMILES string of the molecule is CCc1c(C)ccnc1NCC(C)(C)C. The molecule has 1 aromatic heterocycles. The molecule has 0 amide bonds. The number of hydrogen-bond acceptors (Lipinski definition) is 2. The van der Waals surface area contributed by atoms with E-state index in [1.54, 1.807) is 0 Å². The van der Waals surface area contributed by atoms with Gasteiger partial charge in [0, 0.05) is 12.7 Å². The Labute approximate surface area is 93.1 Å². The summed E-state index contributed by atoms with van der Waals surface area (Å²) in [4.78, 5) is 4.40. The molecule has 0 unspecified atom stereocenters. The minimum absolute atomic E-state index is 0.288. The number of nitrogens with one attached hydrogen (secondary N) is 1. The van der Waals surface area contributed by atoms with Gasteiger partial charge in [0.2, 0.25) is 0 Å². The van der Waals surface area contributed by atoms with Crippen molar-refractivity contribution in [2.75, 3.05) is 11.9 Å². The fraction of sp³-hybridized carbons (Fsp3) is 0.615. The summed E-state index contributed by atoms with van der Waals surface area (Å²) in [5.41, 5.74) is 2.95. The van der Waals surface area contributed by atoms with Crippen LogP contribution in [0.2, 0.25) is 0 Å². The topological polar surface area (TPSA) is 24.9 Å². The third-order valence-electron chi connectivity index (χ3n) is 2.43. The number of pyridine rings is 1. The molecular formula is C13H22N2. The Bertz CT molecular complexity index is 324. The average Bonchev–Trinajstić information content (AvgIpc) is 2.13. The molecule has 84 valence electrons. The van der Waals surface area contributed by atoms with E-state index in [-0.39, 0.29) is 5.41 Å². The third kappa shape index (κ3) is 3.54. The predicted octanol–water partition coefficient (Wildman–Crippen LogP) is 3.41. The van der Waals surface area contributed by atoms with Crippen molar-refractivity contribution in [1.29, 1.82) is 0 Å². The highest BCUT2D eigenvalue weighted by Gasteiger charge is 2.11. The molecule has 1 N–H and O–H groups in total. The Hall–Kier alpha value is -1.05. The molecule has 0 aliphatic rings. The van der Waals surface area contributed by atoms with E-state index >= 15 is 0 Å². The summed E-state index contributed by atoms with van der Waals surface area (Å²) in [7, 11) is 0. The second-order valence-electron chi connectivity index (χ2n) is 5.22. The molecule has 0 spiro atoms. The molecule has 0 saturated carbocycles. The summed E-state index contributed by atoms with van der Waals surface area (Å²) in [6, 6.07) is 2.07. The molecular weight excluding hydrogens is 184 g/mol. The highest BCUT2D eigenvalue weighted by atomic mass is 15.0. The van der Waals surface area contributed by atoms with Crippen LogP contribution in [0, 0.1) is 12.3 Å². The summed E-state index contributed by atoms with van der Waals surface area (Å²) in [6.07, 6.45) is 2.91. The molecule has 0 radical (unpaired) electrons. The van der Waals surface area contributed by atoms with Crippen molar-refractivity contribution >= 4 is 5.82 Å². The average molecular weight is 206 g/mol. The fourth-order valence-electron chi connectivity index (χ4n) is 1.54. The van der Waals surface area contributed by atoms with Gasteiger partial charge in [-0.05, 0) is 36.0 Å². The van der Waals surface area contributed by atoms with E-state index < -0.39 is 0 Å². The van der Waals surface area contributed by atoms with Crippen LogP contribution in [-0.2, 0) is 6.42 Å². The third-order valence-corrected chi connectivity index (χ3v) is 2.43. The van der Waals surface area contributed by atoms with Gasteiger partial charge < -0.3 is 5.32 Å². The number of aryl methyl sites for hydroxylation is 1. The molecule has 1 aromatic rings. The van der Waals surface area contributed by atoms with Crippen LogP contribution in [0.4, 0.5) is 5.82 Å². The van der Waals surface area contributed by atoms with Gasteiger partial charge in [-0.2, -0.15) is 0 Å². The Morgan fingerprint density at radius 1 is 1.33 bits per heavy atom. The molecule has 0 aliphatic heterocycles. The monoisotopic (exact) mass is 206 g/mol. The van der Waals surface area contributed by atoms with Crippen LogP contribution in [0.15, 0.2) is 12.3 Å². The van der Waals surface area contributed by atoms with Crippen molar-refractivity contribution in [3.8, 4) is 0 Å². The van der Waals surface area contributed by atoms with E-state index in [4.69, 9.17) is 0 Å². The van der Waals surface area contributed by atoms with Gasteiger partial charge in [0.1, 0.15) is 5.82 Å². The van der Waals surface area contributed by atoms with E-state index in [1.165, 1.54) is 11.1 Å². The highest BCUT2D eigenvalue weighted by Crippen LogP contribution is 2.19. The van der Waals surface area contributed by atoms with E-state index in [0.717, 1.165) is 18.8 Å². The molecule has 0 bridgehead atoms. The number of anilines is 1. The summed E-state index contributed by atoms with van der Waals surface area (Å²) in [5.74, 6) is 1.05. The van der Waals surface area contributed by atoms with E-state index in [2.05, 4.69) is 51.0 Å². The highest BCUT2D eigenvalue weighted by molar-refractivity contribution is 5.48. The molecule has 0 atom stereocenters. The smallest absolute Gasteiger partial charge is 0.129 e. The maximum Gasteiger partial charge on any atom is 0.129 e. The standard InChI is InChI=1S/C13H22N2/c1-6-11-10(2)7-8-14-12(11)15-9-13(3,4)5/h7-8H,6,9H2,1-5H3,(H,14,15). The molecule has 0 saturated heterocycles. The van der Waals surface area contributed by atoms with Crippen molar-refractivity contribution in [2.24, 2.45) is 5.41 Å². The molecule has 1 heterocycles. The Balaban J connectivity index is 2.81. The van der Waals surface area contributed by atoms with Gasteiger partial charge in [-0.15, -0.1) is 0 Å². The second-order valence-corrected chi connectivity index (χ2v) is 5.22. The Morgan fingerprint density at radius 2 is 2.00 bits per heavy atom. The van der Waals surface area contributed by atoms with E-state index in [1.807, 2.05) is 6.20 Å². The lowest BCUT2D eigenvalue weighted by atomic mass is 9.97. The minimum Gasteiger partial charge on any atom is -0.369 e. The van der Waals surface area contributed by atoms with Gasteiger partial charge in [-0.25, -0.2) is 4.98 Å². The van der Waals surface area contributed by atoms with Gasteiger partial charge in [0.15, 0.2) is 0 Å². The fourth-order valence-corrected chi connectivity index (χ4v) is 1.54. The first kappa shape index (κ1) is 12.0. The van der Waals surface area contributed by atoms with E-state index in [9.17, 15) is 0 Å². The molecule has 2 nitrogen and oxygen atoms in total. The van der Waals surface area contributed by atoms with Crippen LogP contribution in [0.3, 0.4) is 0 Å². The lowest BCUT2D eigenvalue weighted by molar-refractivity contribution is 0.442. The first-order chi connectivity index (χ1) is 6.94. The van der Waals surface area contributed by atoms with Crippen molar-refractivity contribution in [2.45, 2.75) is 41.0 Å². The van der Waals surface area contributed by atoms with Crippen molar-refractivity contribution in [3.05, 3.63) is 23.4 Å². The van der Waals surface area contributed by atoms with Crippen molar-refractivity contribution in [1.82, 2.24) is 4.98 Å². The first-order valence-electron chi connectivity index (χ1n) is 5.62. The van der Waals surface area contributed by atoms with Gasteiger partial charge in [-0.1, -0.05) is 27.7 Å². The summed E-state index contributed by atoms with van der Waals surface area (Å²) in [5, 5.41) is 3.43. The molecule has 2 heteroatoms. The van der Waals surface area contributed by atoms with Crippen molar-refractivity contribution in [3.63, 3.8) is 0 Å². The zero-order valence-electron chi connectivity index (χ0n) is 10.5. The molecule has 15 heavy (non-hydrogen) atoms. The molecule has 0 fully saturated rings. The Kier molecular flexibility index (Phi) is 3.72. The number of rotatable bonds is 3. The van der Waals surface area contributed by atoms with E-state index in [0.29, 0.717) is 0 Å². The van der Waals surface area contributed by atoms with Gasteiger partial charge in [0.05, 0.1) is 0 Å². The summed E-state index contributed by atoms with van der Waals surface area (Å²) in [6.45, 7) is 11.9. The Morgan fingerprint density at radius 3 is 2.53 bits per heavy atom. The van der Waals surface area contributed by atoms with Crippen LogP contribution in [0.1, 0.15) is 38.8 Å². The van der Waals surface area contributed by atoms with Gasteiger partial charge in [0.25, 0.3) is 0 Å². The molecule has 1 rings (SSSR count). The second kappa shape index (κ2) is 4.65. The lowest BCUT2D eigenvalue weighted by Crippen LogP contribution is -2.20. The molecule has 0 aromatic carbocycles. The van der Waals surface area contributed by atoms with Crippen LogP contribution in [0.5, 0.6) is 0 Å². The number of hydrogen-bond donors (Lipinski definition) is 1. The van der Waals surface area contributed by atoms with Gasteiger partial charge >= 0.3 is 0 Å². The number of nitrogens with zero attached hydrogens (tertiary/aromatic N) is 1. The van der Waals surface area contributed by atoms with Crippen LogP contribution in [-0.4, -0.2) is 11.5 Å². The van der Waals surface area contributed by atoms with Crippen LogP contribution < -0.4 is 5.32 Å². The maximum absolute atomic E-state index is 4.40. The molecule has 0 aliphatic carbocycles. The number of aromatic nitrogens is 1. The van der Waals surface area contributed by atoms with Crippen molar-refractivity contribution < 1.29 is 0 Å². The maximum atomic E-state index is 4.40. The van der Waals surface area contributed by atoms with Gasteiger partial charge in [-0.3, -0.25) is 0 Å². The normalized spacial score (nSPS) is 11.5. The minimum atomic E-state index is 0.288. The van der Waals surface area contributed by atoms with Crippen LogP contribution >= 0.6 is 0 Å². The first-order valence-corrected chi connectivity index (χ1v) is 5.62. The van der Waals surface area contributed by atoms with Crippen LogP contribution in [0.25, 0.3) is 0 Å². The predicted molar refractivity (Wildman–Crippen MR) is 66.3 cm³/mol. The summed E-state index contributed by atoms with van der Waals surface area (Å²) < 4.78 is 0. The zero-order chi connectivity index (χ0) is 11.5.